The van der Waals surface area contributed by atoms with Crippen LogP contribution in [0.5, 0.6) is 0 Å². The van der Waals surface area contributed by atoms with Gasteiger partial charge in [-0.2, -0.15) is 30.5 Å². The second-order valence-corrected chi connectivity index (χ2v) is 4.68. The van der Waals surface area contributed by atoms with E-state index < -0.39 is 15.6 Å². The molecule has 0 heterocycles. The molecule has 0 spiro atoms. The first-order chi connectivity index (χ1) is 7.54. The maximum Gasteiger partial charge on any atom is 2.00 e. The summed E-state index contributed by atoms with van der Waals surface area (Å²) in [6.45, 7) is 0.944. The Morgan fingerprint density at radius 2 is 0.842 bits per heavy atom. The Labute approximate surface area is 138 Å². The fourth-order valence-corrected chi connectivity index (χ4v) is 1.25. The molecular weight excluding hydrogens is 491 g/mol. The molecule has 0 aromatic heterocycles. The molecule has 0 radical (unpaired) electrons. The normalized spacial score (nSPS) is 9.68. The van der Waals surface area contributed by atoms with E-state index >= 15 is 0 Å². The number of nitrogens with one attached hydrogen (secondary N) is 4. The summed E-state index contributed by atoms with van der Waals surface area (Å²) in [5.74, 6) is 0. The summed E-state index contributed by atoms with van der Waals surface area (Å²) in [5.41, 5.74) is 25.1. The third-order valence-corrected chi connectivity index (χ3v) is 2.16. The van der Waals surface area contributed by atoms with Crippen molar-refractivity contribution >= 4 is 15.6 Å². The zero-order valence-corrected chi connectivity index (χ0v) is 14.3. The van der Waals surface area contributed by atoms with Gasteiger partial charge < -0.3 is 42.5 Å². The van der Waals surface area contributed by atoms with E-state index in [1.54, 1.807) is 0 Å². The van der Waals surface area contributed by atoms with Gasteiger partial charge in [0.1, 0.15) is 0 Å². The van der Waals surface area contributed by atoms with Crippen LogP contribution in [0.2, 0.25) is 0 Å². The van der Waals surface area contributed by atoms with E-state index in [2.05, 4.69) is 4.31 Å². The molecule has 0 bridgehead atoms. The van der Waals surface area contributed by atoms with Crippen LogP contribution in [0.1, 0.15) is 0 Å². The van der Waals surface area contributed by atoms with Crippen molar-refractivity contribution in [3.8, 4) is 0 Å². The van der Waals surface area contributed by atoms with Crippen LogP contribution in [0.3, 0.4) is 0 Å². The van der Waals surface area contributed by atoms with Crippen LogP contribution in [0, 0.1) is 0 Å². The van der Waals surface area contributed by atoms with Crippen LogP contribution in [0.4, 0.5) is 0 Å². The molecule has 0 rings (SSSR count). The predicted molar refractivity (Wildman–Crippen MR) is 61.9 cm³/mol. The van der Waals surface area contributed by atoms with Gasteiger partial charge in [0.25, 0.3) is 0 Å². The van der Waals surface area contributed by atoms with Crippen molar-refractivity contribution in [2.45, 2.75) is 0 Å². The van der Waals surface area contributed by atoms with Gasteiger partial charge in [0.2, 0.25) is 0 Å². The van der Waals surface area contributed by atoms with Crippen LogP contribution in [-0.2, 0) is 54.3 Å². The van der Waals surface area contributed by atoms with Crippen molar-refractivity contribution in [2.24, 2.45) is 0 Å². The second kappa shape index (κ2) is 19.4. The molecule has 0 aliphatic heterocycles. The van der Waals surface area contributed by atoms with Gasteiger partial charge in [-0.3, -0.25) is 0 Å². The van der Waals surface area contributed by atoms with Crippen molar-refractivity contribution in [3.05, 3.63) is 22.9 Å². The first kappa shape index (κ1) is 32.4. The minimum atomic E-state index is -5.05. The molecule has 8 N–H and O–H groups in total. The maximum absolute atomic E-state index is 9.63. The Balaban J connectivity index is -0.0000000560. The van der Waals surface area contributed by atoms with Crippen molar-refractivity contribution in [2.75, 3.05) is 26.2 Å². The number of hydrogen-bond donors (Lipinski definition) is 4. The number of phosphoric acid groups is 2. The summed E-state index contributed by atoms with van der Waals surface area (Å²) in [6, 6.07) is 0. The summed E-state index contributed by atoms with van der Waals surface area (Å²) in [4.78, 5) is 31.0. The van der Waals surface area contributed by atoms with Crippen LogP contribution < -0.4 is 0 Å². The van der Waals surface area contributed by atoms with E-state index in [1.807, 2.05) is 0 Å². The van der Waals surface area contributed by atoms with Crippen molar-refractivity contribution in [1.82, 2.24) is 0 Å². The van der Waals surface area contributed by atoms with Gasteiger partial charge in [-0.25, -0.2) is 9.13 Å². The Morgan fingerprint density at radius 1 is 0.684 bits per heavy atom. The average molecular weight is 507 g/mol. The quantitative estimate of drug-likeness (QED) is 0.323. The second-order valence-electron chi connectivity index (χ2n) is 2.06. The Hall–Kier alpha value is 1.42. The van der Waals surface area contributed by atoms with Gasteiger partial charge in [0.05, 0.1) is 0 Å². The maximum atomic E-state index is 9.63. The molecule has 11 nitrogen and oxygen atoms in total. The van der Waals surface area contributed by atoms with Crippen molar-refractivity contribution in [1.29, 1.82) is 0 Å². The zero-order valence-electron chi connectivity index (χ0n) is 9.37. The monoisotopic (exact) mass is 506 g/mol. The third kappa shape index (κ3) is 66.4. The van der Waals surface area contributed by atoms with E-state index in [0.717, 1.165) is 0 Å². The van der Waals surface area contributed by atoms with Crippen LogP contribution in [-0.4, -0.2) is 45.8 Å². The predicted octanol–water partition coefficient (Wildman–Crippen LogP) is 1.36. The minimum Gasteiger partial charge on any atom is -0.679 e. The molecule has 0 fully saturated rings. The molecule has 0 aromatic carbocycles. The molecular formula is C4H16N4O7P2Pd2. The molecule has 0 unspecified atom stereocenters. The molecule has 0 saturated heterocycles. The Morgan fingerprint density at radius 3 is 0.842 bits per heavy atom. The van der Waals surface area contributed by atoms with Gasteiger partial charge in [0.15, 0.2) is 0 Å². The summed E-state index contributed by atoms with van der Waals surface area (Å²) >= 11 is 0. The largest absolute Gasteiger partial charge is 2.00 e. The van der Waals surface area contributed by atoms with Gasteiger partial charge >= 0.3 is 56.5 Å². The summed E-state index contributed by atoms with van der Waals surface area (Å²) < 4.78 is 22.2. The zero-order chi connectivity index (χ0) is 14.5. The summed E-state index contributed by atoms with van der Waals surface area (Å²) in [7, 11) is -10.1. The molecule has 124 valence electrons. The molecule has 0 atom stereocenters. The van der Waals surface area contributed by atoms with E-state index in [0.29, 0.717) is 0 Å². The SMILES string of the molecule is O=P(O)(O)OP(=O)(O)O.[NH-]CC[NH-].[NH-]CC[NH-].[Pd+2].[Pd+2]. The molecule has 15 heteroatoms. The van der Waals surface area contributed by atoms with Crippen molar-refractivity contribution in [3.63, 3.8) is 0 Å². The van der Waals surface area contributed by atoms with E-state index in [1.165, 1.54) is 0 Å². The van der Waals surface area contributed by atoms with Gasteiger partial charge in [0, 0.05) is 0 Å². The molecule has 0 aromatic rings. The fraction of sp³-hybridized carbons (Fsp3) is 1.00. The molecule has 0 aliphatic rings. The number of rotatable bonds is 4. The average Bonchev–Trinajstić information content (AvgIpc) is 2.13. The Kier molecular flexibility index (Phi) is 33.1. The molecule has 0 amide bonds. The molecule has 0 aliphatic carbocycles. The van der Waals surface area contributed by atoms with Gasteiger partial charge in [-0.15, -0.1) is 0 Å². The molecule has 19 heavy (non-hydrogen) atoms. The standard InChI is InChI=1S/2C2H6N2.H4O7P2.2Pd/c2*3-1-2-4;1-8(2,3)7-9(4,5)6;;/h2*3-4H,1-2H2;(H2,1,2,3)(H2,4,5,6);;/q2*-2;;2*+2. The van der Waals surface area contributed by atoms with Crippen LogP contribution >= 0.6 is 15.6 Å². The minimum absolute atomic E-state index is 0. The smallest absolute Gasteiger partial charge is 0.679 e. The van der Waals surface area contributed by atoms with E-state index in [4.69, 9.17) is 42.5 Å². The first-order valence-electron chi connectivity index (χ1n) is 3.94. The number of hydrogen-bond acceptors (Lipinski definition) is 3. The summed E-state index contributed by atoms with van der Waals surface area (Å²) in [6.07, 6.45) is 0. The van der Waals surface area contributed by atoms with Crippen LogP contribution in [0.25, 0.3) is 22.9 Å². The van der Waals surface area contributed by atoms with Gasteiger partial charge in [-0.1, -0.05) is 0 Å². The van der Waals surface area contributed by atoms with E-state index in [9.17, 15) is 9.13 Å². The Bertz CT molecular complexity index is 221. The summed E-state index contributed by atoms with van der Waals surface area (Å²) in [5, 5.41) is 0. The van der Waals surface area contributed by atoms with Crippen LogP contribution in [0.15, 0.2) is 0 Å². The third-order valence-electron chi connectivity index (χ3n) is 0.463. The molecule has 0 saturated carbocycles. The van der Waals surface area contributed by atoms with Gasteiger partial charge in [-0.05, 0) is 0 Å². The van der Waals surface area contributed by atoms with E-state index in [-0.39, 0.29) is 67.0 Å². The topological polar surface area (TPSA) is 219 Å². The van der Waals surface area contributed by atoms with Crippen molar-refractivity contribution < 1.29 is 73.9 Å². The fourth-order valence-electron chi connectivity index (χ4n) is 0.139. The first-order valence-corrected chi connectivity index (χ1v) is 7.01.